The van der Waals surface area contributed by atoms with Crippen molar-refractivity contribution < 1.29 is 23.5 Å². The van der Waals surface area contributed by atoms with Gasteiger partial charge in [-0.3, -0.25) is 4.79 Å². The summed E-state index contributed by atoms with van der Waals surface area (Å²) in [6, 6.07) is 25.7. The van der Waals surface area contributed by atoms with E-state index in [4.69, 9.17) is 13.9 Å². The maximum atomic E-state index is 12.7. The normalized spacial score (nSPS) is 13.7. The number of esters is 1. The van der Waals surface area contributed by atoms with Gasteiger partial charge in [0.05, 0.1) is 11.8 Å². The van der Waals surface area contributed by atoms with Crippen molar-refractivity contribution in [2.45, 2.75) is 0 Å². The standard InChI is InChI=1S/C26H16O5/c27-25-21-13-12-20(30-26(28)22-7-4-14-29-22)16-23(21)31-24(25)15-17-8-10-19(11-9-17)18-5-2-1-3-6-18/h1-16H/b24-15-. The van der Waals surface area contributed by atoms with Crippen molar-refractivity contribution in [1.82, 2.24) is 0 Å². The molecule has 0 saturated heterocycles. The van der Waals surface area contributed by atoms with E-state index >= 15 is 0 Å². The lowest BCUT2D eigenvalue weighted by molar-refractivity contribution is 0.0701. The maximum absolute atomic E-state index is 12.7. The molecule has 0 unspecified atom stereocenters. The number of allylic oxidation sites excluding steroid dienone is 1. The zero-order valence-electron chi connectivity index (χ0n) is 16.3. The summed E-state index contributed by atoms with van der Waals surface area (Å²) in [5, 5.41) is 0. The Morgan fingerprint density at radius 2 is 1.61 bits per heavy atom. The summed E-state index contributed by atoms with van der Waals surface area (Å²) in [6.45, 7) is 0. The van der Waals surface area contributed by atoms with Gasteiger partial charge in [0.1, 0.15) is 11.5 Å². The van der Waals surface area contributed by atoms with E-state index in [1.54, 1.807) is 24.3 Å². The van der Waals surface area contributed by atoms with Gasteiger partial charge >= 0.3 is 5.97 Å². The Bertz CT molecular complexity index is 1280. The predicted octanol–water partition coefficient (Wildman–Crippen LogP) is 5.78. The third-order valence-electron chi connectivity index (χ3n) is 4.89. The number of ether oxygens (including phenoxy) is 2. The van der Waals surface area contributed by atoms with E-state index in [2.05, 4.69) is 0 Å². The number of fused-ring (bicyclic) bond motifs is 1. The second-order valence-corrected chi connectivity index (χ2v) is 6.95. The Balaban J connectivity index is 1.34. The molecule has 1 aliphatic rings. The minimum absolute atomic E-state index is 0.0945. The quantitative estimate of drug-likeness (QED) is 0.243. The van der Waals surface area contributed by atoms with Crippen LogP contribution in [-0.4, -0.2) is 11.8 Å². The fourth-order valence-corrected chi connectivity index (χ4v) is 3.34. The van der Waals surface area contributed by atoms with Crippen LogP contribution in [-0.2, 0) is 0 Å². The first-order valence-corrected chi connectivity index (χ1v) is 9.67. The second-order valence-electron chi connectivity index (χ2n) is 6.95. The highest BCUT2D eigenvalue weighted by molar-refractivity contribution is 6.14. The van der Waals surface area contributed by atoms with Gasteiger partial charge < -0.3 is 13.9 Å². The lowest BCUT2D eigenvalue weighted by atomic mass is 10.0. The fraction of sp³-hybridized carbons (Fsp3) is 0. The molecule has 5 rings (SSSR count). The van der Waals surface area contributed by atoms with Crippen molar-refractivity contribution in [3.05, 3.63) is 114 Å². The molecule has 0 saturated carbocycles. The van der Waals surface area contributed by atoms with E-state index in [0.717, 1.165) is 16.7 Å². The van der Waals surface area contributed by atoms with Gasteiger partial charge in [-0.25, -0.2) is 4.79 Å². The van der Waals surface area contributed by atoms with E-state index in [9.17, 15) is 9.59 Å². The molecule has 3 aromatic carbocycles. The molecule has 1 aliphatic heterocycles. The lowest BCUT2D eigenvalue weighted by Gasteiger charge is -2.04. The summed E-state index contributed by atoms with van der Waals surface area (Å²) in [5.74, 6) is 0.0897. The second kappa shape index (κ2) is 7.80. The number of Topliss-reactive ketones (excluding diaryl/α,β-unsaturated/α-hetero) is 1. The Morgan fingerprint density at radius 3 is 2.35 bits per heavy atom. The highest BCUT2D eigenvalue weighted by Crippen LogP contribution is 2.35. The topological polar surface area (TPSA) is 65.7 Å². The third-order valence-corrected chi connectivity index (χ3v) is 4.89. The van der Waals surface area contributed by atoms with Crippen molar-refractivity contribution in [2.75, 3.05) is 0 Å². The van der Waals surface area contributed by atoms with Gasteiger partial charge in [0, 0.05) is 6.07 Å². The van der Waals surface area contributed by atoms with E-state index < -0.39 is 5.97 Å². The maximum Gasteiger partial charge on any atom is 0.379 e. The van der Waals surface area contributed by atoms with Crippen LogP contribution in [0.4, 0.5) is 0 Å². The Kier molecular flexibility index (Phi) is 4.69. The van der Waals surface area contributed by atoms with E-state index in [1.165, 1.54) is 18.4 Å². The van der Waals surface area contributed by atoms with Crippen LogP contribution in [0.3, 0.4) is 0 Å². The molecular formula is C26H16O5. The van der Waals surface area contributed by atoms with Crippen LogP contribution in [0.2, 0.25) is 0 Å². The van der Waals surface area contributed by atoms with E-state index in [1.807, 2.05) is 54.6 Å². The average Bonchev–Trinajstić information content (AvgIpc) is 3.44. The van der Waals surface area contributed by atoms with Gasteiger partial charge in [-0.15, -0.1) is 0 Å². The predicted molar refractivity (Wildman–Crippen MR) is 115 cm³/mol. The highest BCUT2D eigenvalue weighted by Gasteiger charge is 2.28. The molecule has 5 heteroatoms. The largest absolute Gasteiger partial charge is 0.457 e. The van der Waals surface area contributed by atoms with Crippen LogP contribution in [0.5, 0.6) is 11.5 Å². The summed E-state index contributed by atoms with van der Waals surface area (Å²) in [5.41, 5.74) is 3.48. The van der Waals surface area contributed by atoms with Crippen molar-refractivity contribution >= 4 is 17.8 Å². The summed E-state index contributed by atoms with van der Waals surface area (Å²) < 4.78 is 16.1. The van der Waals surface area contributed by atoms with Crippen LogP contribution < -0.4 is 9.47 Å². The van der Waals surface area contributed by atoms with Gasteiger partial charge in [-0.1, -0.05) is 54.6 Å². The van der Waals surface area contributed by atoms with Crippen LogP contribution in [0, 0.1) is 0 Å². The SMILES string of the molecule is O=C(Oc1ccc2c(c1)O/C(=C\c1ccc(-c3ccccc3)cc1)C2=O)c1ccco1. The molecule has 5 nitrogen and oxygen atoms in total. The van der Waals surface area contributed by atoms with Crippen LogP contribution in [0.25, 0.3) is 17.2 Å². The molecule has 2 heterocycles. The van der Waals surface area contributed by atoms with Crippen molar-refractivity contribution in [3.8, 4) is 22.6 Å². The highest BCUT2D eigenvalue weighted by atomic mass is 16.5. The molecular weight excluding hydrogens is 392 g/mol. The lowest BCUT2D eigenvalue weighted by Crippen LogP contribution is -2.07. The summed E-state index contributed by atoms with van der Waals surface area (Å²) in [4.78, 5) is 24.7. The summed E-state index contributed by atoms with van der Waals surface area (Å²) in [7, 11) is 0. The average molecular weight is 408 g/mol. The molecule has 0 radical (unpaired) electrons. The molecule has 150 valence electrons. The Hall–Kier alpha value is -4.38. The molecule has 0 aliphatic carbocycles. The summed E-state index contributed by atoms with van der Waals surface area (Å²) in [6.07, 6.45) is 3.09. The van der Waals surface area contributed by atoms with Crippen molar-refractivity contribution in [1.29, 1.82) is 0 Å². The number of rotatable bonds is 4. The van der Waals surface area contributed by atoms with Gasteiger partial charge in [0.15, 0.2) is 5.76 Å². The van der Waals surface area contributed by atoms with Crippen LogP contribution in [0.1, 0.15) is 26.5 Å². The third kappa shape index (κ3) is 3.76. The van der Waals surface area contributed by atoms with Gasteiger partial charge in [0.25, 0.3) is 0 Å². The zero-order valence-corrected chi connectivity index (χ0v) is 16.3. The fourth-order valence-electron chi connectivity index (χ4n) is 3.34. The van der Waals surface area contributed by atoms with Gasteiger partial charge in [-0.2, -0.15) is 0 Å². The number of hydrogen-bond acceptors (Lipinski definition) is 5. The smallest absolute Gasteiger partial charge is 0.379 e. The molecule has 0 amide bonds. The van der Waals surface area contributed by atoms with E-state index in [-0.39, 0.29) is 23.1 Å². The van der Waals surface area contributed by atoms with Crippen LogP contribution >= 0.6 is 0 Å². The van der Waals surface area contributed by atoms with Crippen molar-refractivity contribution in [2.24, 2.45) is 0 Å². The number of furan rings is 1. The van der Waals surface area contributed by atoms with Crippen LogP contribution in [0.15, 0.2) is 101 Å². The Labute approximate surface area is 178 Å². The molecule has 0 fully saturated rings. The first-order chi connectivity index (χ1) is 15.2. The van der Waals surface area contributed by atoms with Crippen molar-refractivity contribution in [3.63, 3.8) is 0 Å². The molecule has 0 N–H and O–H groups in total. The monoisotopic (exact) mass is 408 g/mol. The molecule has 1 aromatic heterocycles. The summed E-state index contributed by atoms with van der Waals surface area (Å²) >= 11 is 0. The molecule has 4 aromatic rings. The molecule has 0 atom stereocenters. The van der Waals surface area contributed by atoms with E-state index in [0.29, 0.717) is 11.3 Å². The van der Waals surface area contributed by atoms with Gasteiger partial charge in [-0.05, 0) is 47.0 Å². The molecule has 0 bridgehead atoms. The molecule has 31 heavy (non-hydrogen) atoms. The zero-order chi connectivity index (χ0) is 21.2. The molecule has 0 spiro atoms. The Morgan fingerprint density at radius 1 is 0.839 bits per heavy atom. The number of benzene rings is 3. The number of hydrogen-bond donors (Lipinski definition) is 0. The minimum atomic E-state index is -0.622. The first-order valence-electron chi connectivity index (χ1n) is 9.67. The number of carbonyl (C=O) groups is 2. The first kappa shape index (κ1) is 18.6. The minimum Gasteiger partial charge on any atom is -0.457 e. The number of ketones is 1. The number of carbonyl (C=O) groups excluding carboxylic acids is 2. The van der Waals surface area contributed by atoms with Gasteiger partial charge in [0.2, 0.25) is 11.5 Å².